The molecule has 65 heavy (non-hydrogen) atoms. The fourth-order valence-corrected chi connectivity index (χ4v) is 7.58. The molecule has 2 aromatic carbocycles. The number of rotatable bonds is 20. The van der Waals surface area contributed by atoms with Crippen LogP contribution in [-0.2, 0) is 40.1 Å². The van der Waals surface area contributed by atoms with Crippen molar-refractivity contribution < 1.29 is 57.4 Å². The molecule has 350 valence electrons. The van der Waals surface area contributed by atoms with Crippen LogP contribution in [0.5, 0.6) is 0 Å². The highest BCUT2D eigenvalue weighted by Gasteiger charge is 2.41. The lowest BCUT2D eigenvalue weighted by atomic mass is 9.82. The van der Waals surface area contributed by atoms with Gasteiger partial charge >= 0.3 is 6.09 Å². The molecule has 3 aromatic rings. The molecule has 0 spiro atoms. The summed E-state index contributed by atoms with van der Waals surface area (Å²) in [4.78, 5) is 106. The molecule has 18 nitrogen and oxygen atoms in total. The number of benzene rings is 2. The number of hydrogen-bond donors (Lipinski definition) is 6. The molecule has 0 radical (unpaired) electrons. The summed E-state index contributed by atoms with van der Waals surface area (Å²) in [7, 11) is 0. The number of carbonyl (C=O) groups is 8. The van der Waals surface area contributed by atoms with Gasteiger partial charge in [-0.05, 0) is 62.4 Å². The Morgan fingerprint density at radius 3 is 2.06 bits per heavy atom. The van der Waals surface area contributed by atoms with Gasteiger partial charge in [0, 0.05) is 66.9 Å². The number of aromatic nitrogens is 1. The van der Waals surface area contributed by atoms with Gasteiger partial charge in [0.1, 0.15) is 36.9 Å². The van der Waals surface area contributed by atoms with Crippen molar-refractivity contribution in [1.82, 2.24) is 35.2 Å². The largest absolute Gasteiger partial charge is 0.465 e. The van der Waals surface area contributed by atoms with Gasteiger partial charge in [-0.2, -0.15) is 0 Å². The summed E-state index contributed by atoms with van der Waals surface area (Å²) in [5.74, 6) is -7.21. The lowest BCUT2D eigenvalue weighted by Gasteiger charge is -2.41. The third kappa shape index (κ3) is 13.5. The molecule has 7 N–H and O–H groups in total. The second kappa shape index (κ2) is 21.6. The maximum Gasteiger partial charge on any atom is 0.408 e. The lowest BCUT2D eigenvalue weighted by molar-refractivity contribution is -0.141. The minimum absolute atomic E-state index is 0.0485. The highest BCUT2D eigenvalue weighted by molar-refractivity contribution is 6.14. The Balaban J connectivity index is 1.73. The Labute approximate surface area is 374 Å². The number of primary amides is 1. The monoisotopic (exact) mass is 906 g/mol. The van der Waals surface area contributed by atoms with Gasteiger partial charge in [0.05, 0.1) is 12.5 Å². The number of carboxylic acid groups (broad SMARTS) is 1. The van der Waals surface area contributed by atoms with Crippen molar-refractivity contribution in [1.29, 1.82) is 0 Å². The van der Waals surface area contributed by atoms with Gasteiger partial charge in [0.2, 0.25) is 29.5 Å². The minimum atomic E-state index is -1.72. The minimum Gasteiger partial charge on any atom is -0.465 e. The Hall–Kier alpha value is -6.96. The van der Waals surface area contributed by atoms with Gasteiger partial charge in [-0.3, -0.25) is 43.4 Å². The number of carbonyl (C=O) groups excluding carboxylic acids is 7. The van der Waals surface area contributed by atoms with Crippen LogP contribution in [0.1, 0.15) is 71.7 Å². The molecule has 4 rings (SSSR count). The Morgan fingerprint density at radius 2 is 1.49 bits per heavy atom. The number of hydrogen-bond acceptors (Lipinski definition) is 9. The zero-order valence-electron chi connectivity index (χ0n) is 37.1. The van der Waals surface area contributed by atoms with E-state index in [-0.39, 0.29) is 43.7 Å². The summed E-state index contributed by atoms with van der Waals surface area (Å²) in [6.07, 6.45) is 0.958. The molecule has 0 saturated heterocycles. The van der Waals surface area contributed by atoms with E-state index >= 15 is 4.39 Å². The molecule has 0 unspecified atom stereocenters. The van der Waals surface area contributed by atoms with Crippen LogP contribution < -0.4 is 21.7 Å². The number of amides is 8. The molecule has 8 amide bonds. The van der Waals surface area contributed by atoms with Crippen LogP contribution in [0.15, 0.2) is 72.9 Å². The van der Waals surface area contributed by atoms with Crippen molar-refractivity contribution in [3.8, 4) is 11.1 Å². The molecular formula is C45H56F2N8O10. The highest BCUT2D eigenvalue weighted by Crippen LogP contribution is 2.41. The van der Waals surface area contributed by atoms with Crippen LogP contribution in [0.3, 0.4) is 0 Å². The highest BCUT2D eigenvalue weighted by atomic mass is 19.1. The van der Waals surface area contributed by atoms with Gasteiger partial charge in [0.25, 0.3) is 11.8 Å². The smallest absolute Gasteiger partial charge is 0.408 e. The molecule has 0 fully saturated rings. The molecule has 2 heterocycles. The van der Waals surface area contributed by atoms with Gasteiger partial charge in [-0.15, -0.1) is 0 Å². The quantitative estimate of drug-likeness (QED) is 0.0714. The van der Waals surface area contributed by atoms with Crippen LogP contribution in [0.2, 0.25) is 0 Å². The summed E-state index contributed by atoms with van der Waals surface area (Å²) in [6, 6.07) is 9.61. The number of nitrogens with zero attached hydrogens (tertiary/aromatic N) is 4. The SMILES string of the molecule is CC(C)(C)[C@H](c1cc(-c2cc(F)ccc2F)cn1Cc1ccccc1)N(CC[C@H](NC(=O)[C@H](CC(N)=O)N(C(=O)O)C(C)(C)C)C(=O)NCCNC(=O)CN1C(=O)C=CC1=O)C(=O)CO. The normalized spacial score (nSPS) is 14.1. The van der Waals surface area contributed by atoms with E-state index in [0.717, 1.165) is 40.8 Å². The van der Waals surface area contributed by atoms with Crippen molar-refractivity contribution in [2.75, 3.05) is 32.8 Å². The fraction of sp³-hybridized carbons (Fsp3) is 0.422. The first kappa shape index (κ1) is 50.7. The average Bonchev–Trinajstić information content (AvgIpc) is 3.76. The van der Waals surface area contributed by atoms with Crippen LogP contribution in [0, 0.1) is 17.0 Å². The third-order valence-electron chi connectivity index (χ3n) is 10.4. The number of aliphatic hydroxyl groups excluding tert-OH is 1. The fourth-order valence-electron chi connectivity index (χ4n) is 7.58. The predicted octanol–water partition coefficient (Wildman–Crippen LogP) is 2.44. The van der Waals surface area contributed by atoms with E-state index in [1.54, 1.807) is 16.8 Å². The van der Waals surface area contributed by atoms with E-state index in [0.29, 0.717) is 10.6 Å². The molecule has 0 aliphatic carbocycles. The van der Waals surface area contributed by atoms with Crippen molar-refractivity contribution in [3.63, 3.8) is 0 Å². The molecule has 0 bridgehead atoms. The van der Waals surface area contributed by atoms with Gasteiger partial charge in [0.15, 0.2) is 0 Å². The summed E-state index contributed by atoms with van der Waals surface area (Å²) in [5.41, 5.74) is 4.86. The second-order valence-electron chi connectivity index (χ2n) is 17.5. The Bertz CT molecular complexity index is 2290. The standard InChI is InChI=1S/C45H56F2N8O10/c1-44(2,3)40(33-20-28(30-21-29(46)12-13-31(30)47)24-52(33)23-27-10-8-7-9-11-27)53(39(61)26-56)19-16-32(51-42(63)34(22-35(48)57)55(43(64)65)45(4,5)6)41(62)50-18-17-49-36(58)25-54-37(59)14-15-38(54)60/h7-15,20-21,24,32,34,40,56H,16-19,22-23,25-26H2,1-6H3,(H2,48,57)(H,49,58)(H,50,62)(H,51,63)(H,64,65)/t32-,34-,40-/m0/s1. The van der Waals surface area contributed by atoms with Gasteiger partial charge in [-0.1, -0.05) is 51.1 Å². The summed E-state index contributed by atoms with van der Waals surface area (Å²) in [5, 5.41) is 28.1. The molecule has 1 aromatic heterocycles. The maximum absolute atomic E-state index is 15.3. The van der Waals surface area contributed by atoms with Crippen molar-refractivity contribution in [2.45, 2.75) is 84.6 Å². The van der Waals surface area contributed by atoms with E-state index < -0.39 is 108 Å². The molecular weight excluding hydrogens is 851 g/mol. The Kier molecular flexibility index (Phi) is 16.9. The van der Waals surface area contributed by atoms with Crippen molar-refractivity contribution in [3.05, 3.63) is 95.8 Å². The van der Waals surface area contributed by atoms with Crippen LogP contribution in [-0.4, -0.2) is 127 Å². The molecule has 1 aliphatic rings. The maximum atomic E-state index is 15.3. The lowest BCUT2D eigenvalue weighted by Crippen LogP contribution is -2.60. The van der Waals surface area contributed by atoms with E-state index in [4.69, 9.17) is 5.73 Å². The first-order valence-electron chi connectivity index (χ1n) is 20.7. The van der Waals surface area contributed by atoms with E-state index in [9.17, 15) is 53.0 Å². The number of nitrogens with one attached hydrogen (secondary N) is 3. The summed E-state index contributed by atoms with van der Waals surface area (Å²) < 4.78 is 31.6. The Morgan fingerprint density at radius 1 is 0.862 bits per heavy atom. The molecule has 3 atom stereocenters. The topological polar surface area (TPSA) is 254 Å². The number of aliphatic hydroxyl groups is 1. The summed E-state index contributed by atoms with van der Waals surface area (Å²) in [6.45, 7) is 7.74. The zero-order chi connectivity index (χ0) is 48.4. The van der Waals surface area contributed by atoms with Gasteiger partial charge in [-0.25, -0.2) is 13.6 Å². The number of imide groups is 1. The molecule has 0 saturated carbocycles. The van der Waals surface area contributed by atoms with Crippen LogP contribution in [0.4, 0.5) is 13.6 Å². The molecule has 1 aliphatic heterocycles. The molecule has 20 heteroatoms. The average molecular weight is 907 g/mol. The third-order valence-corrected chi connectivity index (χ3v) is 10.4. The van der Waals surface area contributed by atoms with Crippen molar-refractivity contribution >= 4 is 47.4 Å². The van der Waals surface area contributed by atoms with E-state index in [1.807, 2.05) is 51.1 Å². The van der Waals surface area contributed by atoms with E-state index in [1.165, 1.54) is 25.7 Å². The van der Waals surface area contributed by atoms with Crippen LogP contribution in [0.25, 0.3) is 11.1 Å². The first-order chi connectivity index (χ1) is 30.4. The van der Waals surface area contributed by atoms with Crippen molar-refractivity contribution in [2.24, 2.45) is 11.1 Å². The van der Waals surface area contributed by atoms with E-state index in [2.05, 4.69) is 16.0 Å². The number of halogens is 2. The van der Waals surface area contributed by atoms with Gasteiger partial charge < -0.3 is 41.4 Å². The second-order valence-corrected chi connectivity index (χ2v) is 17.5. The predicted molar refractivity (Wildman–Crippen MR) is 232 cm³/mol. The first-order valence-corrected chi connectivity index (χ1v) is 20.7. The summed E-state index contributed by atoms with van der Waals surface area (Å²) >= 11 is 0. The zero-order valence-corrected chi connectivity index (χ0v) is 37.1. The number of nitrogens with two attached hydrogens (primary N) is 1. The van der Waals surface area contributed by atoms with Crippen LogP contribution >= 0.6 is 0 Å².